The predicted molar refractivity (Wildman–Crippen MR) is 40.2 cm³/mol. The number of hydrogen-bond acceptors (Lipinski definition) is 3. The number of alkyl halides is 3. The molecule has 3 nitrogen and oxygen atoms in total. The molecule has 0 N–H and O–H groups in total. The summed E-state index contributed by atoms with van der Waals surface area (Å²) in [5.41, 5.74) is 0. The molecule has 1 aliphatic rings. The number of carbonyl (C=O) groups excluding carboxylic acids is 1. The predicted octanol–water partition coefficient (Wildman–Crippen LogP) is 1.78. The van der Waals surface area contributed by atoms with Crippen molar-refractivity contribution >= 4 is 5.97 Å². The number of carbonyl (C=O) groups is 1. The molecule has 0 aromatic rings. The third-order valence-electron chi connectivity index (χ3n) is 1.66. The fraction of sp³-hybridized carbons (Fsp3) is 0.625. The average Bonchev–Trinajstić information content (AvgIpc) is 2.01. The maximum atomic E-state index is 12.2. The van der Waals surface area contributed by atoms with E-state index in [1.807, 2.05) is 0 Å². The molecule has 0 aliphatic carbocycles. The van der Waals surface area contributed by atoms with Gasteiger partial charge in [0.25, 0.3) is 0 Å². The van der Waals surface area contributed by atoms with Gasteiger partial charge < -0.3 is 9.47 Å². The van der Waals surface area contributed by atoms with Crippen LogP contribution in [0.15, 0.2) is 12.3 Å². The monoisotopic (exact) mass is 210 g/mol. The van der Waals surface area contributed by atoms with E-state index in [1.54, 1.807) is 0 Å². The molecule has 0 saturated heterocycles. The van der Waals surface area contributed by atoms with Gasteiger partial charge in [-0.15, -0.1) is 0 Å². The lowest BCUT2D eigenvalue weighted by Gasteiger charge is -2.26. The molecule has 0 aromatic heterocycles. The van der Waals surface area contributed by atoms with Gasteiger partial charge in [0.15, 0.2) is 6.10 Å². The van der Waals surface area contributed by atoms with E-state index in [0.29, 0.717) is 0 Å². The molecule has 80 valence electrons. The lowest BCUT2D eigenvalue weighted by molar-refractivity contribution is -0.216. The van der Waals surface area contributed by atoms with Gasteiger partial charge in [0.05, 0.1) is 6.26 Å². The lowest BCUT2D eigenvalue weighted by atomic mass is 10.1. The SMILES string of the molecule is CC(=O)OC1C=COC(C(F)(F)F)C1. The van der Waals surface area contributed by atoms with Crippen LogP contribution in [-0.4, -0.2) is 24.4 Å². The molecule has 0 spiro atoms. The Morgan fingerprint density at radius 2 is 2.21 bits per heavy atom. The summed E-state index contributed by atoms with van der Waals surface area (Å²) in [6.07, 6.45) is -5.37. The second-order valence-corrected chi connectivity index (χ2v) is 2.88. The van der Waals surface area contributed by atoms with Crippen molar-refractivity contribution in [2.24, 2.45) is 0 Å². The van der Waals surface area contributed by atoms with Crippen molar-refractivity contribution < 1.29 is 27.4 Å². The van der Waals surface area contributed by atoms with E-state index in [9.17, 15) is 18.0 Å². The number of halogens is 3. The Hall–Kier alpha value is -1.20. The van der Waals surface area contributed by atoms with Crippen LogP contribution in [0.2, 0.25) is 0 Å². The van der Waals surface area contributed by atoms with Gasteiger partial charge in [0.2, 0.25) is 0 Å². The zero-order chi connectivity index (χ0) is 10.8. The maximum absolute atomic E-state index is 12.2. The molecule has 1 heterocycles. The minimum Gasteiger partial charge on any atom is -0.489 e. The van der Waals surface area contributed by atoms with Crippen molar-refractivity contribution in [3.8, 4) is 0 Å². The summed E-state index contributed by atoms with van der Waals surface area (Å²) >= 11 is 0. The molecule has 0 radical (unpaired) electrons. The molecule has 0 amide bonds. The third kappa shape index (κ3) is 2.93. The van der Waals surface area contributed by atoms with Gasteiger partial charge in [-0.1, -0.05) is 0 Å². The fourth-order valence-corrected chi connectivity index (χ4v) is 1.08. The van der Waals surface area contributed by atoms with Crippen molar-refractivity contribution in [2.75, 3.05) is 0 Å². The summed E-state index contributed by atoms with van der Waals surface area (Å²) in [6, 6.07) is 0. The van der Waals surface area contributed by atoms with Crippen LogP contribution in [0.1, 0.15) is 13.3 Å². The summed E-state index contributed by atoms with van der Waals surface area (Å²) in [5, 5.41) is 0. The molecular weight excluding hydrogens is 201 g/mol. The summed E-state index contributed by atoms with van der Waals surface area (Å²) in [5.74, 6) is -0.609. The van der Waals surface area contributed by atoms with Crippen molar-refractivity contribution in [2.45, 2.75) is 31.7 Å². The molecule has 0 aromatic carbocycles. The second kappa shape index (κ2) is 3.89. The summed E-state index contributed by atoms with van der Waals surface area (Å²) in [4.78, 5) is 10.5. The van der Waals surface area contributed by atoms with Gasteiger partial charge in [-0.2, -0.15) is 13.2 Å². The minimum absolute atomic E-state index is 0.389. The standard InChI is InChI=1S/C8H9F3O3/c1-5(12)14-6-2-3-13-7(4-6)8(9,10)11/h2-3,6-7H,4H2,1H3. The van der Waals surface area contributed by atoms with E-state index in [-0.39, 0.29) is 6.42 Å². The quantitative estimate of drug-likeness (QED) is 0.619. The molecule has 6 heteroatoms. The Balaban J connectivity index is 2.56. The highest BCUT2D eigenvalue weighted by Gasteiger charge is 2.44. The first-order valence-corrected chi connectivity index (χ1v) is 3.95. The minimum atomic E-state index is -4.43. The Kier molecular flexibility index (Phi) is 3.03. The number of ether oxygens (including phenoxy) is 2. The van der Waals surface area contributed by atoms with Gasteiger partial charge in [-0.25, -0.2) is 0 Å². The summed E-state index contributed by atoms with van der Waals surface area (Å²) in [7, 11) is 0. The van der Waals surface area contributed by atoms with Crippen LogP contribution < -0.4 is 0 Å². The highest BCUT2D eigenvalue weighted by atomic mass is 19.4. The molecule has 0 saturated carbocycles. The third-order valence-corrected chi connectivity index (χ3v) is 1.66. The normalized spacial score (nSPS) is 26.9. The zero-order valence-corrected chi connectivity index (χ0v) is 7.38. The fourth-order valence-electron chi connectivity index (χ4n) is 1.08. The average molecular weight is 210 g/mol. The molecule has 1 aliphatic heterocycles. The molecule has 2 atom stereocenters. The van der Waals surface area contributed by atoms with Crippen LogP contribution in [0.5, 0.6) is 0 Å². The van der Waals surface area contributed by atoms with Crippen molar-refractivity contribution in [3.63, 3.8) is 0 Å². The van der Waals surface area contributed by atoms with Crippen LogP contribution in [0.3, 0.4) is 0 Å². The molecule has 1 rings (SSSR count). The molecule has 14 heavy (non-hydrogen) atoms. The smallest absolute Gasteiger partial charge is 0.425 e. The number of esters is 1. The van der Waals surface area contributed by atoms with Gasteiger partial charge in [-0.05, 0) is 6.08 Å². The number of hydrogen-bond donors (Lipinski definition) is 0. The summed E-state index contributed by atoms with van der Waals surface area (Å²) in [6.45, 7) is 1.14. The topological polar surface area (TPSA) is 35.5 Å². The van der Waals surface area contributed by atoms with Crippen molar-refractivity contribution in [1.82, 2.24) is 0 Å². The van der Waals surface area contributed by atoms with Gasteiger partial charge in [0, 0.05) is 13.3 Å². The van der Waals surface area contributed by atoms with Crippen LogP contribution >= 0.6 is 0 Å². The van der Waals surface area contributed by atoms with Crippen LogP contribution in [0.25, 0.3) is 0 Å². The summed E-state index contributed by atoms with van der Waals surface area (Å²) < 4.78 is 45.4. The Morgan fingerprint density at radius 1 is 1.57 bits per heavy atom. The number of rotatable bonds is 1. The van der Waals surface area contributed by atoms with Gasteiger partial charge in [0.1, 0.15) is 6.10 Å². The first kappa shape index (κ1) is 10.9. The molecule has 0 fully saturated rings. The lowest BCUT2D eigenvalue weighted by Crippen LogP contribution is -2.36. The van der Waals surface area contributed by atoms with Crippen molar-refractivity contribution in [1.29, 1.82) is 0 Å². The van der Waals surface area contributed by atoms with E-state index in [1.165, 1.54) is 6.08 Å². The van der Waals surface area contributed by atoms with Crippen LogP contribution in [0.4, 0.5) is 13.2 Å². The Morgan fingerprint density at radius 3 is 2.71 bits per heavy atom. The van der Waals surface area contributed by atoms with E-state index in [2.05, 4.69) is 9.47 Å². The maximum Gasteiger partial charge on any atom is 0.425 e. The van der Waals surface area contributed by atoms with E-state index in [0.717, 1.165) is 13.2 Å². The highest BCUT2D eigenvalue weighted by molar-refractivity contribution is 5.66. The van der Waals surface area contributed by atoms with Crippen molar-refractivity contribution in [3.05, 3.63) is 12.3 Å². The molecule has 0 bridgehead atoms. The highest BCUT2D eigenvalue weighted by Crippen LogP contribution is 2.29. The van der Waals surface area contributed by atoms with E-state index < -0.39 is 24.4 Å². The Labute approximate surface area is 78.5 Å². The zero-order valence-electron chi connectivity index (χ0n) is 7.38. The largest absolute Gasteiger partial charge is 0.489 e. The first-order chi connectivity index (χ1) is 6.39. The molecule has 2 unspecified atom stereocenters. The second-order valence-electron chi connectivity index (χ2n) is 2.88. The van der Waals surface area contributed by atoms with Crippen LogP contribution in [-0.2, 0) is 14.3 Å². The van der Waals surface area contributed by atoms with Gasteiger partial charge >= 0.3 is 12.1 Å². The Bertz CT molecular complexity index is 247. The molecular formula is C8H9F3O3. The van der Waals surface area contributed by atoms with E-state index in [4.69, 9.17) is 0 Å². The van der Waals surface area contributed by atoms with E-state index >= 15 is 0 Å². The van der Waals surface area contributed by atoms with Gasteiger partial charge in [-0.3, -0.25) is 4.79 Å². The first-order valence-electron chi connectivity index (χ1n) is 3.95. The van der Waals surface area contributed by atoms with Crippen LogP contribution in [0, 0.1) is 0 Å².